The fourth-order valence-corrected chi connectivity index (χ4v) is 2.34. The second kappa shape index (κ2) is 7.02. The maximum absolute atomic E-state index is 11.9. The van der Waals surface area contributed by atoms with Gasteiger partial charge >= 0.3 is 0 Å². The molecule has 21 heavy (non-hydrogen) atoms. The van der Waals surface area contributed by atoms with Crippen molar-refractivity contribution in [1.82, 2.24) is 20.1 Å². The first kappa shape index (κ1) is 15.2. The van der Waals surface area contributed by atoms with E-state index in [0.29, 0.717) is 13.0 Å². The van der Waals surface area contributed by atoms with Crippen molar-refractivity contribution in [3.63, 3.8) is 0 Å². The molecule has 112 valence electrons. The Bertz CT molecular complexity index is 592. The quantitative estimate of drug-likeness (QED) is 0.885. The molecule has 2 heterocycles. The van der Waals surface area contributed by atoms with Crippen molar-refractivity contribution in [2.75, 3.05) is 6.54 Å². The lowest BCUT2D eigenvalue weighted by Gasteiger charge is -2.15. The van der Waals surface area contributed by atoms with Gasteiger partial charge in [0.25, 0.3) is 0 Å². The third kappa shape index (κ3) is 4.41. The Labute approximate surface area is 125 Å². The molecule has 0 aliphatic carbocycles. The highest BCUT2D eigenvalue weighted by atomic mass is 16.1. The lowest BCUT2D eigenvalue weighted by Crippen LogP contribution is -2.30. The minimum Gasteiger partial charge on any atom is -0.354 e. The lowest BCUT2D eigenvalue weighted by molar-refractivity contribution is -0.121. The number of aryl methyl sites for hydroxylation is 3. The largest absolute Gasteiger partial charge is 0.354 e. The summed E-state index contributed by atoms with van der Waals surface area (Å²) in [5.74, 6) is 0.0696. The van der Waals surface area contributed by atoms with Crippen LogP contribution in [0.4, 0.5) is 0 Å². The van der Waals surface area contributed by atoms with Crippen LogP contribution in [-0.2, 0) is 11.2 Å². The highest BCUT2D eigenvalue weighted by molar-refractivity contribution is 5.76. The molecular weight excluding hydrogens is 264 g/mol. The third-order valence-electron chi connectivity index (χ3n) is 3.45. The zero-order chi connectivity index (χ0) is 15.2. The molecular formula is C16H22N4O. The Morgan fingerprint density at radius 3 is 2.67 bits per heavy atom. The highest BCUT2D eigenvalue weighted by Crippen LogP contribution is 2.09. The number of carbonyl (C=O) groups is 1. The molecule has 0 bridgehead atoms. The minimum absolute atomic E-state index is 0.0696. The van der Waals surface area contributed by atoms with Crippen molar-refractivity contribution in [2.24, 2.45) is 0 Å². The normalized spacial score (nSPS) is 12.1. The number of hydrogen-bond donors (Lipinski definition) is 1. The third-order valence-corrected chi connectivity index (χ3v) is 3.45. The molecule has 0 fully saturated rings. The van der Waals surface area contributed by atoms with Crippen LogP contribution in [0.3, 0.4) is 0 Å². The molecule has 0 spiro atoms. The lowest BCUT2D eigenvalue weighted by atomic mass is 10.1. The Balaban J connectivity index is 1.77. The smallest absolute Gasteiger partial charge is 0.220 e. The van der Waals surface area contributed by atoms with Crippen LogP contribution in [0.1, 0.15) is 36.3 Å². The monoisotopic (exact) mass is 286 g/mol. The van der Waals surface area contributed by atoms with Gasteiger partial charge in [-0.2, -0.15) is 5.10 Å². The van der Waals surface area contributed by atoms with E-state index in [2.05, 4.69) is 22.3 Å². The summed E-state index contributed by atoms with van der Waals surface area (Å²) in [6.45, 7) is 6.66. The summed E-state index contributed by atoms with van der Waals surface area (Å²) in [6, 6.07) is 6.07. The SMILES string of the molecule is Cc1cc(C)n([C@H](C)CNC(=O)CCc2ccncc2)n1. The molecule has 2 aromatic heterocycles. The molecule has 0 saturated heterocycles. The van der Waals surface area contributed by atoms with Crippen LogP contribution in [0.5, 0.6) is 0 Å². The van der Waals surface area contributed by atoms with Gasteiger partial charge in [0.05, 0.1) is 11.7 Å². The zero-order valence-electron chi connectivity index (χ0n) is 12.8. The van der Waals surface area contributed by atoms with E-state index < -0.39 is 0 Å². The molecule has 2 aromatic rings. The fourth-order valence-electron chi connectivity index (χ4n) is 2.34. The summed E-state index contributed by atoms with van der Waals surface area (Å²) < 4.78 is 1.96. The van der Waals surface area contributed by atoms with Gasteiger partial charge in [0.1, 0.15) is 0 Å². The maximum atomic E-state index is 11.9. The highest BCUT2D eigenvalue weighted by Gasteiger charge is 2.10. The van der Waals surface area contributed by atoms with Crippen LogP contribution in [0.25, 0.3) is 0 Å². The number of rotatable bonds is 6. The first-order chi connectivity index (χ1) is 10.1. The molecule has 5 nitrogen and oxygen atoms in total. The van der Waals surface area contributed by atoms with Gasteiger partial charge in [-0.3, -0.25) is 14.5 Å². The average Bonchev–Trinajstić information content (AvgIpc) is 2.82. The van der Waals surface area contributed by atoms with Gasteiger partial charge in [0.15, 0.2) is 0 Å². The number of nitrogens with one attached hydrogen (secondary N) is 1. The molecule has 1 atom stereocenters. The summed E-state index contributed by atoms with van der Waals surface area (Å²) in [4.78, 5) is 15.9. The molecule has 0 saturated carbocycles. The van der Waals surface area contributed by atoms with Crippen molar-refractivity contribution in [3.05, 3.63) is 47.5 Å². The molecule has 0 aliphatic rings. The van der Waals surface area contributed by atoms with Crippen molar-refractivity contribution >= 4 is 5.91 Å². The molecule has 1 N–H and O–H groups in total. The van der Waals surface area contributed by atoms with E-state index in [1.807, 2.05) is 36.7 Å². The van der Waals surface area contributed by atoms with Crippen molar-refractivity contribution in [2.45, 2.75) is 39.7 Å². The first-order valence-corrected chi connectivity index (χ1v) is 7.24. The van der Waals surface area contributed by atoms with E-state index in [1.54, 1.807) is 12.4 Å². The van der Waals surface area contributed by atoms with Crippen LogP contribution in [0, 0.1) is 13.8 Å². The van der Waals surface area contributed by atoms with Crippen LogP contribution in [0.2, 0.25) is 0 Å². The van der Waals surface area contributed by atoms with E-state index in [1.165, 1.54) is 0 Å². The standard InChI is InChI=1S/C16H22N4O/c1-12-10-13(2)20(19-12)14(3)11-18-16(21)5-4-15-6-8-17-9-7-15/h6-10,14H,4-5,11H2,1-3H3,(H,18,21)/t14-/m1/s1. The van der Waals surface area contributed by atoms with Gasteiger partial charge in [-0.15, -0.1) is 0 Å². The molecule has 2 rings (SSSR count). The molecule has 5 heteroatoms. The van der Waals surface area contributed by atoms with Gasteiger partial charge in [0.2, 0.25) is 5.91 Å². The molecule has 0 radical (unpaired) electrons. The predicted octanol–water partition coefficient (Wildman–Crippen LogP) is 2.20. The molecule has 0 unspecified atom stereocenters. The van der Waals surface area contributed by atoms with E-state index >= 15 is 0 Å². The Kier molecular flexibility index (Phi) is 5.09. The first-order valence-electron chi connectivity index (χ1n) is 7.24. The summed E-state index contributed by atoms with van der Waals surface area (Å²) in [7, 11) is 0. The number of hydrogen-bond acceptors (Lipinski definition) is 3. The number of pyridine rings is 1. The van der Waals surface area contributed by atoms with Crippen LogP contribution in [-0.4, -0.2) is 27.2 Å². The Morgan fingerprint density at radius 1 is 1.33 bits per heavy atom. The second-order valence-electron chi connectivity index (χ2n) is 5.38. The summed E-state index contributed by atoms with van der Waals surface area (Å²) in [5.41, 5.74) is 3.25. The summed E-state index contributed by atoms with van der Waals surface area (Å²) in [6.07, 6.45) is 4.73. The van der Waals surface area contributed by atoms with Gasteiger partial charge in [-0.1, -0.05) is 0 Å². The van der Waals surface area contributed by atoms with Crippen LogP contribution >= 0.6 is 0 Å². The average molecular weight is 286 g/mol. The van der Waals surface area contributed by atoms with Crippen LogP contribution < -0.4 is 5.32 Å². The van der Waals surface area contributed by atoms with Crippen LogP contribution in [0.15, 0.2) is 30.6 Å². The number of nitrogens with zero attached hydrogens (tertiary/aromatic N) is 3. The van der Waals surface area contributed by atoms with Gasteiger partial charge in [-0.05, 0) is 51.0 Å². The van der Waals surface area contributed by atoms with Gasteiger partial charge in [0, 0.05) is 31.1 Å². The topological polar surface area (TPSA) is 59.8 Å². The predicted molar refractivity (Wildman–Crippen MR) is 82.0 cm³/mol. The molecule has 0 aliphatic heterocycles. The van der Waals surface area contributed by atoms with E-state index in [-0.39, 0.29) is 11.9 Å². The maximum Gasteiger partial charge on any atom is 0.220 e. The Morgan fingerprint density at radius 2 is 2.05 bits per heavy atom. The minimum atomic E-state index is 0.0696. The van der Waals surface area contributed by atoms with E-state index in [0.717, 1.165) is 23.4 Å². The van der Waals surface area contributed by atoms with Crippen molar-refractivity contribution in [3.8, 4) is 0 Å². The molecule has 0 aromatic carbocycles. The number of carbonyl (C=O) groups excluding carboxylic acids is 1. The van der Waals surface area contributed by atoms with Gasteiger partial charge in [-0.25, -0.2) is 0 Å². The fraction of sp³-hybridized carbons (Fsp3) is 0.438. The van der Waals surface area contributed by atoms with Gasteiger partial charge < -0.3 is 5.32 Å². The second-order valence-corrected chi connectivity index (χ2v) is 5.38. The summed E-state index contributed by atoms with van der Waals surface area (Å²) >= 11 is 0. The van der Waals surface area contributed by atoms with E-state index in [4.69, 9.17) is 0 Å². The number of amides is 1. The molecule has 1 amide bonds. The van der Waals surface area contributed by atoms with Crippen molar-refractivity contribution < 1.29 is 4.79 Å². The Hall–Kier alpha value is -2.17. The van der Waals surface area contributed by atoms with E-state index in [9.17, 15) is 4.79 Å². The van der Waals surface area contributed by atoms with Crippen molar-refractivity contribution in [1.29, 1.82) is 0 Å². The summed E-state index contributed by atoms with van der Waals surface area (Å²) in [5, 5.41) is 7.41. The zero-order valence-corrected chi connectivity index (χ0v) is 12.8. The number of aromatic nitrogens is 3.